The molecule has 0 aliphatic heterocycles. The van der Waals surface area contributed by atoms with Crippen LogP contribution in [-0.4, -0.2) is 0 Å². The van der Waals surface area contributed by atoms with Gasteiger partial charge in [0, 0.05) is 0 Å². The van der Waals surface area contributed by atoms with E-state index in [1.807, 2.05) is 0 Å². The smallest absolute Gasteiger partial charge is 0.357 e. The molecule has 0 saturated heterocycles. The van der Waals surface area contributed by atoms with Crippen LogP contribution in [0.5, 0.6) is 0 Å². The quantitative estimate of drug-likeness (QED) is 0.380. The molecule has 0 N–H and O–H groups in total. The number of hydrogen-bond acceptors (Lipinski definition) is 6. The molecule has 6 nitrogen and oxygen atoms in total. The molecule has 0 fully saturated rings. The Hall–Kier alpha value is 0.963. The van der Waals surface area contributed by atoms with Crippen molar-refractivity contribution in [1.82, 2.24) is 0 Å². The van der Waals surface area contributed by atoms with Crippen molar-refractivity contribution in [2.45, 2.75) is 0 Å². The molecule has 0 radical (unpaired) electrons. The van der Waals surface area contributed by atoms with E-state index in [2.05, 4.69) is 0 Å². The fourth-order valence-corrected chi connectivity index (χ4v) is 0. The van der Waals surface area contributed by atoms with Gasteiger partial charge in [-0.2, -0.15) is 0 Å². The Labute approximate surface area is 69.3 Å². The maximum Gasteiger partial charge on any atom is 2.00 e. The van der Waals surface area contributed by atoms with E-state index in [0.29, 0.717) is 0 Å². The molecule has 0 aromatic heterocycles. The average Bonchev–Trinajstić information content (AvgIpc) is 1.25. The SMILES string of the molecule is [O-][Cl+2]([O-])[O-].[O-][Cl+2]([O-])[O-].[Zn+2]. The molecule has 0 saturated carbocycles. The summed E-state index contributed by atoms with van der Waals surface area (Å²) in [5.74, 6) is 0. The van der Waals surface area contributed by atoms with Gasteiger partial charge in [-0.15, -0.1) is 0 Å². The molecule has 0 atom stereocenters. The van der Waals surface area contributed by atoms with Crippen LogP contribution < -0.4 is 28.0 Å². The second-order valence-corrected chi connectivity index (χ2v) is 1.13. The maximum atomic E-state index is 8.41. The molecule has 9 heteroatoms. The first kappa shape index (κ1) is 16.5. The molecule has 0 amide bonds. The van der Waals surface area contributed by atoms with Crippen molar-refractivity contribution in [2.75, 3.05) is 0 Å². The molecule has 0 aliphatic rings. The predicted octanol–water partition coefficient (Wildman–Crippen LogP) is -7.14. The zero-order valence-corrected chi connectivity index (χ0v) is 8.39. The molecule has 0 bridgehead atoms. The molecule has 52 valence electrons. The third-order valence-corrected chi connectivity index (χ3v) is 0. The van der Waals surface area contributed by atoms with Gasteiger partial charge >= 0.3 is 19.5 Å². The average molecular weight is 232 g/mol. The van der Waals surface area contributed by atoms with Gasteiger partial charge in [0.25, 0.3) is 0 Å². The van der Waals surface area contributed by atoms with Crippen molar-refractivity contribution in [1.29, 1.82) is 0 Å². The normalized spacial score (nSPS) is 8.00. The molecule has 0 aromatic rings. The molecule has 0 unspecified atom stereocenters. The Bertz CT molecular complexity index is 26.5. The van der Waals surface area contributed by atoms with Crippen LogP contribution in [0.1, 0.15) is 0 Å². The van der Waals surface area contributed by atoms with Crippen molar-refractivity contribution in [3.05, 3.63) is 0 Å². The van der Waals surface area contributed by atoms with E-state index in [1.165, 1.54) is 0 Å². The molecule has 0 aliphatic carbocycles. The van der Waals surface area contributed by atoms with Gasteiger partial charge in [0.05, 0.1) is 21.6 Å². The van der Waals surface area contributed by atoms with Crippen molar-refractivity contribution >= 4 is 0 Å². The van der Waals surface area contributed by atoms with Crippen LogP contribution in [0.2, 0.25) is 0 Å². The second kappa shape index (κ2) is 11.7. The Balaban J connectivity index is -0.0000000720. The van der Waals surface area contributed by atoms with Gasteiger partial charge in [0.15, 0.2) is 0 Å². The Kier molecular flexibility index (Phi) is 21.5. The predicted molar refractivity (Wildman–Crippen MR) is 0 cm³/mol. The topological polar surface area (TPSA) is 138 Å². The summed E-state index contributed by atoms with van der Waals surface area (Å²) in [6.07, 6.45) is 0. The van der Waals surface area contributed by atoms with E-state index in [0.717, 1.165) is 0 Å². The first-order valence-corrected chi connectivity index (χ1v) is 2.78. The number of halogens is 2. The largest absolute Gasteiger partial charge is 2.00 e. The minimum atomic E-state index is -2.85. The van der Waals surface area contributed by atoms with E-state index in [4.69, 9.17) is 28.0 Å². The summed E-state index contributed by atoms with van der Waals surface area (Å²) in [4.78, 5) is 0. The molecular weight excluding hydrogens is 232 g/mol. The summed E-state index contributed by atoms with van der Waals surface area (Å²) in [7, 11) is -5.70. The van der Waals surface area contributed by atoms with Crippen LogP contribution in [-0.2, 0) is 19.5 Å². The van der Waals surface area contributed by atoms with Crippen LogP contribution >= 0.6 is 0 Å². The molecular formula is Cl2O6Zn. The zero-order chi connectivity index (χ0) is 7.15. The van der Waals surface area contributed by atoms with Gasteiger partial charge < -0.3 is 28.0 Å². The minimum Gasteiger partial charge on any atom is -0.357 e. The van der Waals surface area contributed by atoms with Gasteiger partial charge in [0.2, 0.25) is 0 Å². The summed E-state index contributed by atoms with van der Waals surface area (Å²) in [5.41, 5.74) is 0. The van der Waals surface area contributed by atoms with Crippen LogP contribution in [0.4, 0.5) is 0 Å². The third kappa shape index (κ3) is 468. The Morgan fingerprint density at radius 3 is 0.556 bits per heavy atom. The first-order chi connectivity index (χ1) is 3.46. The summed E-state index contributed by atoms with van der Waals surface area (Å²) < 4.78 is 50.4. The Morgan fingerprint density at radius 1 is 0.556 bits per heavy atom. The zero-order valence-electron chi connectivity index (χ0n) is 3.91. The van der Waals surface area contributed by atoms with Gasteiger partial charge in [-0.25, -0.2) is 0 Å². The van der Waals surface area contributed by atoms with E-state index in [1.54, 1.807) is 0 Å². The summed E-state index contributed by atoms with van der Waals surface area (Å²) in [5, 5.41) is 0. The van der Waals surface area contributed by atoms with Gasteiger partial charge in [-0.1, -0.05) is 0 Å². The standard InChI is InChI=1S/2ClO3.Zn/c2*2-1(3)4;/q2*-1;+2. The monoisotopic (exact) mass is 230 g/mol. The number of rotatable bonds is 0. The van der Waals surface area contributed by atoms with Crippen LogP contribution in [0.25, 0.3) is 0 Å². The fourth-order valence-electron chi connectivity index (χ4n) is 0. The summed E-state index contributed by atoms with van der Waals surface area (Å²) >= 11 is 0. The van der Waals surface area contributed by atoms with E-state index >= 15 is 0 Å². The summed E-state index contributed by atoms with van der Waals surface area (Å²) in [6, 6.07) is 0. The minimum absolute atomic E-state index is 0. The van der Waals surface area contributed by atoms with Crippen molar-refractivity contribution in [3.8, 4) is 0 Å². The second-order valence-electron chi connectivity index (χ2n) is 0.378. The van der Waals surface area contributed by atoms with E-state index in [-0.39, 0.29) is 19.5 Å². The first-order valence-electron chi connectivity index (χ1n) is 0.926. The fraction of sp³-hybridized carbons (Fsp3) is 0. The van der Waals surface area contributed by atoms with Crippen LogP contribution in [0.15, 0.2) is 0 Å². The van der Waals surface area contributed by atoms with Crippen LogP contribution in [0.3, 0.4) is 0 Å². The number of hydrogen-bond donors (Lipinski definition) is 0. The van der Waals surface area contributed by atoms with Gasteiger partial charge in [-0.05, 0) is 0 Å². The van der Waals surface area contributed by atoms with Gasteiger partial charge in [0.1, 0.15) is 0 Å². The molecule has 9 heavy (non-hydrogen) atoms. The van der Waals surface area contributed by atoms with Crippen LogP contribution in [0, 0.1) is 21.6 Å². The van der Waals surface area contributed by atoms with Crippen molar-refractivity contribution < 1.29 is 69.0 Å². The molecule has 0 aromatic carbocycles. The van der Waals surface area contributed by atoms with E-state index in [9.17, 15) is 0 Å². The molecule has 0 rings (SSSR count). The molecule has 0 heterocycles. The molecule has 0 spiro atoms. The van der Waals surface area contributed by atoms with Gasteiger partial charge in [-0.3, -0.25) is 0 Å². The Morgan fingerprint density at radius 2 is 0.556 bits per heavy atom. The summed E-state index contributed by atoms with van der Waals surface area (Å²) in [6.45, 7) is 0. The maximum absolute atomic E-state index is 8.41. The van der Waals surface area contributed by atoms with Crippen molar-refractivity contribution in [2.24, 2.45) is 0 Å². The van der Waals surface area contributed by atoms with Crippen molar-refractivity contribution in [3.63, 3.8) is 0 Å². The van der Waals surface area contributed by atoms with E-state index < -0.39 is 21.6 Å². The third-order valence-electron chi connectivity index (χ3n) is 0.